The summed E-state index contributed by atoms with van der Waals surface area (Å²) < 4.78 is 0. The van der Waals surface area contributed by atoms with Crippen molar-refractivity contribution in [2.24, 2.45) is 0 Å². The Kier molecular flexibility index (Phi) is 2.16. The normalized spacial score (nSPS) is 10.9. The quantitative estimate of drug-likeness (QED) is 0.584. The first kappa shape index (κ1) is 10.5. The molecule has 88 valence electrons. The monoisotopic (exact) mass is 238 g/mol. The van der Waals surface area contributed by atoms with E-state index in [1.807, 2.05) is 0 Å². The van der Waals surface area contributed by atoms with Crippen molar-refractivity contribution in [1.29, 1.82) is 0 Å². The molecule has 2 aromatic carbocycles. The summed E-state index contributed by atoms with van der Waals surface area (Å²) in [6, 6.07) is 11.6. The lowest BCUT2D eigenvalue weighted by Gasteiger charge is -1.93. The molecule has 3 aromatic rings. The van der Waals surface area contributed by atoms with Gasteiger partial charge in [0, 0.05) is 16.5 Å². The van der Waals surface area contributed by atoms with Crippen LogP contribution in [0, 0.1) is 0 Å². The number of rotatable bonds is 0. The van der Waals surface area contributed by atoms with E-state index >= 15 is 0 Å². The summed E-state index contributed by atoms with van der Waals surface area (Å²) in [7, 11) is 0. The molecule has 0 radical (unpaired) electrons. The SMILES string of the molecule is Nc1ccc2[nH]c(=O)c3ccccc3c(=O)c2c1. The third-order valence-electron chi connectivity index (χ3n) is 2.95. The molecule has 0 spiro atoms. The summed E-state index contributed by atoms with van der Waals surface area (Å²) in [5, 5.41) is 1.21. The highest BCUT2D eigenvalue weighted by Gasteiger charge is 2.05. The molecule has 0 fully saturated rings. The van der Waals surface area contributed by atoms with Gasteiger partial charge in [-0.3, -0.25) is 9.59 Å². The lowest BCUT2D eigenvalue weighted by Crippen LogP contribution is -2.02. The molecule has 3 rings (SSSR count). The average Bonchev–Trinajstić information content (AvgIpc) is 2.48. The Bertz CT molecular complexity index is 882. The van der Waals surface area contributed by atoms with E-state index in [2.05, 4.69) is 4.98 Å². The van der Waals surface area contributed by atoms with Gasteiger partial charge in [-0.05, 0) is 24.3 Å². The Morgan fingerprint density at radius 2 is 1.61 bits per heavy atom. The van der Waals surface area contributed by atoms with Crippen LogP contribution in [-0.2, 0) is 0 Å². The molecule has 0 aliphatic heterocycles. The number of nitrogen functional groups attached to an aromatic ring is 1. The number of aromatic amines is 1. The predicted octanol–water partition coefficient (Wildman–Crippen LogP) is 1.62. The van der Waals surface area contributed by atoms with Gasteiger partial charge in [-0.15, -0.1) is 0 Å². The molecule has 1 heterocycles. The first-order valence-corrected chi connectivity index (χ1v) is 5.51. The molecule has 0 unspecified atom stereocenters. The standard InChI is InChI=1S/C14H10N2O2/c15-8-5-6-12-11(7-8)13(17)9-3-1-2-4-10(9)14(18)16-12/h1-7H,15H2,(H,16,18). The lowest BCUT2D eigenvalue weighted by atomic mass is 10.1. The van der Waals surface area contributed by atoms with E-state index in [9.17, 15) is 9.59 Å². The number of aromatic nitrogens is 1. The second-order valence-corrected chi connectivity index (χ2v) is 4.13. The van der Waals surface area contributed by atoms with Crippen LogP contribution in [-0.4, -0.2) is 4.98 Å². The zero-order valence-corrected chi connectivity index (χ0v) is 9.44. The van der Waals surface area contributed by atoms with Crippen LogP contribution in [0.5, 0.6) is 0 Å². The van der Waals surface area contributed by atoms with Gasteiger partial charge >= 0.3 is 0 Å². The van der Waals surface area contributed by atoms with Crippen LogP contribution < -0.4 is 16.7 Å². The smallest absolute Gasteiger partial charge is 0.256 e. The maximum absolute atomic E-state index is 12.4. The van der Waals surface area contributed by atoms with Gasteiger partial charge in [0.25, 0.3) is 5.56 Å². The van der Waals surface area contributed by atoms with E-state index in [4.69, 9.17) is 5.73 Å². The van der Waals surface area contributed by atoms with Crippen molar-refractivity contribution >= 4 is 27.4 Å². The first-order chi connectivity index (χ1) is 8.66. The fourth-order valence-electron chi connectivity index (χ4n) is 2.07. The van der Waals surface area contributed by atoms with Gasteiger partial charge in [0.05, 0.1) is 10.9 Å². The van der Waals surface area contributed by atoms with Crippen molar-refractivity contribution in [3.8, 4) is 0 Å². The van der Waals surface area contributed by atoms with Crippen LogP contribution in [0.1, 0.15) is 0 Å². The summed E-state index contributed by atoms with van der Waals surface area (Å²) >= 11 is 0. The Balaban J connectivity index is 2.75. The lowest BCUT2D eigenvalue weighted by molar-refractivity contribution is 1.36. The number of hydrogen-bond donors (Lipinski definition) is 2. The van der Waals surface area contributed by atoms with E-state index < -0.39 is 0 Å². The topological polar surface area (TPSA) is 76.0 Å². The number of fused-ring (bicyclic) bond motifs is 2. The average molecular weight is 238 g/mol. The molecule has 0 saturated carbocycles. The number of hydrogen-bond acceptors (Lipinski definition) is 3. The minimum Gasteiger partial charge on any atom is -0.399 e. The maximum atomic E-state index is 12.4. The molecule has 0 atom stereocenters. The van der Waals surface area contributed by atoms with Crippen LogP contribution in [0.3, 0.4) is 0 Å². The van der Waals surface area contributed by atoms with Crippen molar-refractivity contribution in [2.75, 3.05) is 5.73 Å². The van der Waals surface area contributed by atoms with E-state index in [1.165, 1.54) is 0 Å². The number of H-pyrrole nitrogens is 1. The molecule has 0 bridgehead atoms. The summed E-state index contributed by atoms with van der Waals surface area (Å²) in [6.45, 7) is 0. The number of anilines is 1. The van der Waals surface area contributed by atoms with E-state index in [1.54, 1.807) is 42.5 Å². The van der Waals surface area contributed by atoms with E-state index in [0.29, 0.717) is 27.4 Å². The maximum Gasteiger partial charge on any atom is 0.256 e. The van der Waals surface area contributed by atoms with Gasteiger partial charge in [0.1, 0.15) is 0 Å². The molecular formula is C14H10N2O2. The molecule has 4 heteroatoms. The molecule has 0 aliphatic carbocycles. The molecular weight excluding hydrogens is 228 g/mol. The van der Waals surface area contributed by atoms with Crippen molar-refractivity contribution < 1.29 is 0 Å². The largest absolute Gasteiger partial charge is 0.399 e. The highest BCUT2D eigenvalue weighted by atomic mass is 16.1. The number of nitrogens with one attached hydrogen (secondary N) is 1. The van der Waals surface area contributed by atoms with Crippen LogP contribution in [0.4, 0.5) is 5.69 Å². The number of nitrogens with two attached hydrogens (primary N) is 1. The van der Waals surface area contributed by atoms with Gasteiger partial charge in [-0.2, -0.15) is 0 Å². The summed E-state index contributed by atoms with van der Waals surface area (Å²) in [5.41, 5.74) is 6.21. The van der Waals surface area contributed by atoms with Gasteiger partial charge in [-0.25, -0.2) is 0 Å². The molecule has 0 amide bonds. The molecule has 4 nitrogen and oxygen atoms in total. The summed E-state index contributed by atoms with van der Waals surface area (Å²) in [5.74, 6) is 0. The highest BCUT2D eigenvalue weighted by molar-refractivity contribution is 5.91. The van der Waals surface area contributed by atoms with E-state index in [0.717, 1.165) is 0 Å². The zero-order chi connectivity index (χ0) is 12.7. The van der Waals surface area contributed by atoms with Gasteiger partial charge in [0.2, 0.25) is 0 Å². The second-order valence-electron chi connectivity index (χ2n) is 4.13. The first-order valence-electron chi connectivity index (χ1n) is 5.51. The van der Waals surface area contributed by atoms with Gasteiger partial charge in [-0.1, -0.05) is 18.2 Å². The second kappa shape index (κ2) is 3.70. The fraction of sp³-hybridized carbons (Fsp3) is 0. The molecule has 18 heavy (non-hydrogen) atoms. The molecule has 1 aromatic heterocycles. The highest BCUT2D eigenvalue weighted by Crippen LogP contribution is 2.13. The van der Waals surface area contributed by atoms with Gasteiger partial charge in [0.15, 0.2) is 5.43 Å². The van der Waals surface area contributed by atoms with Gasteiger partial charge < -0.3 is 10.7 Å². The fourth-order valence-corrected chi connectivity index (χ4v) is 2.07. The summed E-state index contributed by atoms with van der Waals surface area (Å²) in [6.07, 6.45) is 0. The Morgan fingerprint density at radius 3 is 2.39 bits per heavy atom. The van der Waals surface area contributed by atoms with Crippen LogP contribution >= 0.6 is 0 Å². The summed E-state index contributed by atoms with van der Waals surface area (Å²) in [4.78, 5) is 27.1. The Morgan fingerprint density at radius 1 is 0.889 bits per heavy atom. The zero-order valence-electron chi connectivity index (χ0n) is 9.44. The van der Waals surface area contributed by atoms with Crippen LogP contribution in [0.2, 0.25) is 0 Å². The number of benzene rings is 2. The third-order valence-corrected chi connectivity index (χ3v) is 2.95. The Hall–Kier alpha value is -2.62. The van der Waals surface area contributed by atoms with Crippen molar-refractivity contribution in [1.82, 2.24) is 4.98 Å². The van der Waals surface area contributed by atoms with Crippen LogP contribution in [0.15, 0.2) is 52.1 Å². The van der Waals surface area contributed by atoms with Crippen molar-refractivity contribution in [3.63, 3.8) is 0 Å². The Labute approximate surface area is 102 Å². The van der Waals surface area contributed by atoms with Crippen molar-refractivity contribution in [3.05, 3.63) is 63.0 Å². The van der Waals surface area contributed by atoms with E-state index in [-0.39, 0.29) is 11.0 Å². The molecule has 3 N–H and O–H groups in total. The van der Waals surface area contributed by atoms with Crippen LogP contribution in [0.25, 0.3) is 21.7 Å². The predicted molar refractivity (Wildman–Crippen MR) is 72.8 cm³/mol. The van der Waals surface area contributed by atoms with Crippen molar-refractivity contribution in [2.45, 2.75) is 0 Å². The molecule has 0 saturated heterocycles. The minimum absolute atomic E-state index is 0.189. The molecule has 0 aliphatic rings. The third kappa shape index (κ3) is 1.47. The minimum atomic E-state index is -0.275.